The van der Waals surface area contributed by atoms with Crippen molar-refractivity contribution in [2.45, 2.75) is 126 Å². The molecule has 2 aliphatic carbocycles. The fourth-order valence-corrected chi connectivity index (χ4v) is 17.0. The first-order valence-corrected chi connectivity index (χ1v) is 28.7. The SMILES string of the molecule is CCn1c2c3c4cc(ccc41)-c1cccc(c1)C[C@]1(C(=O)N4CCC[C@H](N4)C(=O)OCC(C)(C)C3[C@]([Al])(OC)c3ncccc3-2)C2SC2C1C(=O)[C@H](C(C)C)[N+]1(N)CC[C@]2(CCN(C(=O)C#CC(C)(C)N(C)C)C2)C1=O. The number of carbonyl (C=O) groups is 5. The molecule has 15 nitrogen and oxygen atoms in total. The fraction of sp³-hybridized carbons (Fsp3) is 0.559. The lowest BCUT2D eigenvalue weighted by Crippen LogP contribution is -2.73. The number of rotatable bonds is 7. The van der Waals surface area contributed by atoms with Crippen LogP contribution >= 0.6 is 11.8 Å². The number of ether oxygens (including phenoxy) is 2. The van der Waals surface area contributed by atoms with Crippen LogP contribution < -0.4 is 11.3 Å². The Labute approximate surface area is 459 Å². The number of nitrogens with one attached hydrogen (secondary N) is 1. The third kappa shape index (κ3) is 7.93. The highest BCUT2D eigenvalue weighted by molar-refractivity contribution is 8.08. The standard InChI is InChI=1S/C59H72N8O7S.Al/c1-11-65-41-20-19-37-30-39(41)43-44(50(73-10)46-38(47(43)65)17-13-25-61-46)56(4,5)33-74-53(70)40-18-14-26-66(62-40)54(71)59(31-35-15-12-16-36(37)29-35)45(51-52(59)75-51)49(69)48(34(2)3)67(60)28-24-58(55(67)72)23-27-64(32-58)42(68)21-22-57(6,7)63(8)9;/h12-13,15-17,19-20,25,29-30,34,40,44-45,48,51-52,62H,11,14,18,23-24,26-28,31-33,60H2,1-10H3;/q+1;/t40-,44?,45?,48-,51?,52?,58-,59+,67?;/m0./s1. The minimum Gasteiger partial charge on any atom is -0.464 e. The van der Waals surface area contributed by atoms with Gasteiger partial charge in [0.25, 0.3) is 5.91 Å². The largest absolute Gasteiger partial charge is 0.464 e. The normalized spacial score (nSPS) is 31.9. The average molecular weight is 1060 g/mol. The number of aryl methyl sites for hydroxylation is 1. The van der Waals surface area contributed by atoms with Gasteiger partial charge in [-0.15, -0.1) is 0 Å². The maximum Gasteiger partial charge on any atom is 0.341 e. The van der Waals surface area contributed by atoms with E-state index < -0.39 is 54.8 Å². The molecule has 10 atom stereocenters. The molecule has 3 N–H and O–H groups in total. The molecule has 3 amide bonds. The van der Waals surface area contributed by atoms with E-state index in [2.05, 4.69) is 95.3 Å². The van der Waals surface area contributed by atoms with Crippen molar-refractivity contribution < 1.29 is 38.0 Å². The van der Waals surface area contributed by atoms with Crippen molar-refractivity contribution in [3.8, 4) is 34.2 Å². The molecule has 7 aliphatic rings. The number of amides is 3. The lowest BCUT2D eigenvalue weighted by atomic mass is 9.54. The van der Waals surface area contributed by atoms with Crippen molar-refractivity contribution in [2.75, 3.05) is 54.0 Å². The van der Waals surface area contributed by atoms with Crippen LogP contribution in [0.15, 0.2) is 60.8 Å². The number of quaternary nitrogens is 1. The molecule has 2 spiro atoms. The van der Waals surface area contributed by atoms with Crippen LogP contribution in [0.5, 0.6) is 0 Å². The number of hydrazine groups is 1. The van der Waals surface area contributed by atoms with Gasteiger partial charge in [-0.3, -0.25) is 34.1 Å². The van der Waals surface area contributed by atoms with Crippen molar-refractivity contribution in [3.63, 3.8) is 0 Å². The summed E-state index contributed by atoms with van der Waals surface area (Å²) in [7, 11) is 5.54. The van der Waals surface area contributed by atoms with Crippen LogP contribution in [0.25, 0.3) is 33.3 Å². The quantitative estimate of drug-likeness (QED) is 0.0425. The molecule has 17 heteroatoms. The van der Waals surface area contributed by atoms with Crippen molar-refractivity contribution in [1.29, 1.82) is 0 Å². The Morgan fingerprint density at radius 1 is 1.08 bits per heavy atom. The monoisotopic (exact) mass is 1060 g/mol. The van der Waals surface area contributed by atoms with Gasteiger partial charge < -0.3 is 18.9 Å². The average Bonchev–Trinajstić information content (AvgIpc) is 3.92. The maximum atomic E-state index is 15.9. The molecular weight excluding hydrogens is 992 g/mol. The molecule has 5 aliphatic heterocycles. The van der Waals surface area contributed by atoms with Gasteiger partial charge in [0, 0.05) is 94.6 Å². The van der Waals surface area contributed by atoms with E-state index in [9.17, 15) is 9.59 Å². The summed E-state index contributed by atoms with van der Waals surface area (Å²) in [5.74, 6) is 10.4. The molecule has 5 fully saturated rings. The Kier molecular flexibility index (Phi) is 13.0. The number of esters is 1. The van der Waals surface area contributed by atoms with Crippen LogP contribution in [-0.4, -0.2) is 157 Å². The van der Waals surface area contributed by atoms with Crippen LogP contribution in [0.1, 0.15) is 96.9 Å². The molecule has 6 bridgehead atoms. The first-order chi connectivity index (χ1) is 36.0. The topological polar surface area (TPSA) is 169 Å². The smallest absolute Gasteiger partial charge is 0.341 e. The van der Waals surface area contributed by atoms with Gasteiger partial charge in [-0.05, 0) is 113 Å². The lowest BCUT2D eigenvalue weighted by molar-refractivity contribution is -0.878. The number of cyclic esters (lactones) is 1. The summed E-state index contributed by atoms with van der Waals surface area (Å²) < 4.78 is 13.8. The second-order valence-corrected chi connectivity index (χ2v) is 26.8. The lowest BCUT2D eigenvalue weighted by Gasteiger charge is -2.50. The first-order valence-electron chi connectivity index (χ1n) is 27.2. The molecule has 2 aromatic carbocycles. The van der Waals surface area contributed by atoms with Crippen molar-refractivity contribution in [1.82, 2.24) is 29.8 Å². The predicted molar refractivity (Wildman–Crippen MR) is 293 cm³/mol. The highest BCUT2D eigenvalue weighted by Crippen LogP contribution is 2.73. The van der Waals surface area contributed by atoms with Gasteiger partial charge >= 0.3 is 11.9 Å². The van der Waals surface area contributed by atoms with E-state index in [4.69, 9.17) is 20.3 Å². The van der Waals surface area contributed by atoms with Crippen molar-refractivity contribution in [2.24, 2.45) is 33.9 Å². The number of methoxy groups -OCH3 is 1. The third-order valence-corrected chi connectivity index (χ3v) is 21.2. The number of pyridine rings is 1. The van der Waals surface area contributed by atoms with Crippen LogP contribution in [0.3, 0.4) is 0 Å². The molecule has 398 valence electrons. The predicted octanol–water partition coefficient (Wildman–Crippen LogP) is 5.95. The number of Topliss-reactive ketones (excluding diaryl/α,β-unsaturated/α-hetero) is 1. The van der Waals surface area contributed by atoms with E-state index in [1.54, 1.807) is 35.0 Å². The molecule has 4 saturated heterocycles. The van der Waals surface area contributed by atoms with Gasteiger partial charge in [-0.1, -0.05) is 63.9 Å². The number of thioether (sulfide) groups is 1. The zero-order valence-electron chi connectivity index (χ0n) is 45.7. The van der Waals surface area contributed by atoms with Gasteiger partial charge in [0.15, 0.2) is 28.1 Å². The first kappa shape index (κ1) is 53.1. The molecule has 2 radical (unpaired) electrons. The molecule has 76 heavy (non-hydrogen) atoms. The number of fused-ring (bicyclic) bond motifs is 10. The molecule has 4 aromatic rings. The highest BCUT2D eigenvalue weighted by atomic mass is 32.2. The van der Waals surface area contributed by atoms with Crippen LogP contribution in [0, 0.1) is 39.9 Å². The van der Waals surface area contributed by atoms with E-state index in [1.807, 2.05) is 64.9 Å². The number of benzene rings is 2. The minimum atomic E-state index is -1.21. The summed E-state index contributed by atoms with van der Waals surface area (Å²) in [6.07, 6.45) is 3.94. The Morgan fingerprint density at radius 3 is 2.57 bits per heavy atom. The minimum absolute atomic E-state index is 0.0540. The summed E-state index contributed by atoms with van der Waals surface area (Å²) in [6.45, 7) is 16.1. The van der Waals surface area contributed by atoms with Gasteiger partial charge in [0.2, 0.25) is 5.91 Å². The van der Waals surface area contributed by atoms with E-state index in [0.717, 1.165) is 50.1 Å². The summed E-state index contributed by atoms with van der Waals surface area (Å²) >= 11 is 4.66. The summed E-state index contributed by atoms with van der Waals surface area (Å²) in [6, 6.07) is 17.3. The van der Waals surface area contributed by atoms with E-state index in [-0.39, 0.29) is 72.0 Å². The van der Waals surface area contributed by atoms with Crippen LogP contribution in [0.2, 0.25) is 0 Å². The highest BCUT2D eigenvalue weighted by Gasteiger charge is 2.80. The second kappa shape index (κ2) is 18.6. The van der Waals surface area contributed by atoms with Crippen LogP contribution in [-0.2, 0) is 50.9 Å². The number of likely N-dealkylation sites (tertiary alicyclic amines) is 2. The molecule has 11 rings (SSSR count). The number of hydrogen-bond donors (Lipinski definition) is 2. The van der Waals surface area contributed by atoms with E-state index >= 15 is 14.4 Å². The molecule has 7 heterocycles. The zero-order valence-corrected chi connectivity index (χ0v) is 47.7. The van der Waals surface area contributed by atoms with E-state index in [1.165, 1.54) is 0 Å². The third-order valence-electron chi connectivity index (χ3n) is 18.8. The molecular formula is C59H72AlN8O7S+. The number of nitrogens with zero attached hydrogens (tertiary/aromatic N) is 6. The Morgan fingerprint density at radius 2 is 1.84 bits per heavy atom. The van der Waals surface area contributed by atoms with E-state index in [0.29, 0.717) is 45.3 Å². The number of nitrogens with two attached hydrogens (primary N) is 1. The van der Waals surface area contributed by atoms with Gasteiger partial charge in [-0.25, -0.2) is 10.2 Å². The molecule has 1 saturated carbocycles. The molecule has 5 unspecified atom stereocenters. The van der Waals surface area contributed by atoms with Crippen LogP contribution in [0.4, 0.5) is 0 Å². The Balaban J connectivity index is 0.990. The Bertz CT molecular complexity index is 3180. The summed E-state index contributed by atoms with van der Waals surface area (Å²) in [5.41, 5.74) is 7.88. The van der Waals surface area contributed by atoms with Crippen molar-refractivity contribution in [3.05, 3.63) is 77.6 Å². The number of carbonyl (C=O) groups excluding carboxylic acids is 5. The van der Waals surface area contributed by atoms with Gasteiger partial charge in [0.1, 0.15) is 18.0 Å². The van der Waals surface area contributed by atoms with Gasteiger partial charge in [-0.2, -0.15) is 22.2 Å². The molecule has 2 aromatic heterocycles. The summed E-state index contributed by atoms with van der Waals surface area (Å²) in [5, 5.41) is 2.36. The zero-order chi connectivity index (χ0) is 54.2. The Hall–Kier alpha value is -4.88. The second-order valence-electron chi connectivity index (χ2n) is 24.6. The summed E-state index contributed by atoms with van der Waals surface area (Å²) in [4.78, 5) is 83.6. The fourth-order valence-electron chi connectivity index (χ4n) is 14.4. The van der Waals surface area contributed by atoms with Crippen molar-refractivity contribution >= 4 is 68.4 Å². The number of aromatic nitrogens is 2. The van der Waals surface area contributed by atoms with Gasteiger partial charge in [0.05, 0.1) is 34.9 Å². The maximum absolute atomic E-state index is 15.9. The number of hydrogen-bond acceptors (Lipinski definition) is 12. The number of ketones is 1.